The van der Waals surface area contributed by atoms with E-state index in [1.54, 1.807) is 0 Å². The van der Waals surface area contributed by atoms with Crippen LogP contribution in [0.4, 0.5) is 0 Å². The van der Waals surface area contributed by atoms with Crippen molar-refractivity contribution in [2.45, 2.75) is 130 Å². The van der Waals surface area contributed by atoms with Crippen LogP contribution < -0.4 is 9.47 Å². The number of fused-ring (bicyclic) bond motifs is 2. The van der Waals surface area contributed by atoms with Gasteiger partial charge < -0.3 is 28.4 Å². The maximum Gasteiger partial charge on any atom is 0.306 e. The van der Waals surface area contributed by atoms with E-state index in [4.69, 9.17) is 40.0 Å². The lowest BCUT2D eigenvalue weighted by Gasteiger charge is -2.23. The molecule has 2 unspecified atom stereocenters. The van der Waals surface area contributed by atoms with Gasteiger partial charge in [-0.15, -0.1) is 0 Å². The highest BCUT2D eigenvalue weighted by Gasteiger charge is 2.22. The number of esters is 2. The minimum absolute atomic E-state index is 0.113. The fourth-order valence-corrected chi connectivity index (χ4v) is 6.08. The maximum atomic E-state index is 12.5. The topological polar surface area (TPSA) is 89.5 Å². The molecule has 2 atom stereocenters. The molecule has 3 rings (SSSR count). The zero-order chi connectivity index (χ0) is 36.7. The predicted molar refractivity (Wildman–Crippen MR) is 206 cm³/mol. The van der Waals surface area contributed by atoms with Crippen molar-refractivity contribution in [2.24, 2.45) is 0 Å². The molecule has 0 amide bonds. The Labute approximate surface area is 310 Å². The molecule has 3 aromatic rings. The molecule has 0 aliphatic heterocycles. The van der Waals surface area contributed by atoms with Gasteiger partial charge in [-0.3, -0.25) is 9.59 Å². The van der Waals surface area contributed by atoms with Crippen LogP contribution in [0.25, 0.3) is 21.5 Å². The van der Waals surface area contributed by atoms with Crippen molar-refractivity contribution in [3.05, 3.63) is 47.5 Å². The van der Waals surface area contributed by atoms with E-state index < -0.39 is 12.2 Å². The first-order chi connectivity index (χ1) is 24.9. The number of carbonyl (C=O) groups excluding carboxylic acids is 2. The molecule has 0 saturated carbocycles. The summed E-state index contributed by atoms with van der Waals surface area (Å²) in [5.41, 5.74) is 0. The third-order valence-electron chi connectivity index (χ3n) is 8.61. The number of ether oxygens (including phenoxy) is 6. The van der Waals surface area contributed by atoms with Gasteiger partial charge in [0.15, 0.2) is 12.2 Å². The summed E-state index contributed by atoms with van der Waals surface area (Å²) >= 11 is 6.56. The molecule has 0 saturated heterocycles. The zero-order valence-electron chi connectivity index (χ0n) is 31.5. The van der Waals surface area contributed by atoms with Crippen LogP contribution in [-0.4, -0.2) is 63.8 Å². The van der Waals surface area contributed by atoms with E-state index >= 15 is 0 Å². The lowest BCUT2D eigenvalue weighted by molar-refractivity contribution is -0.155. The highest BCUT2D eigenvalue weighted by Crippen LogP contribution is 2.43. The molecule has 0 radical (unpaired) electrons. The van der Waals surface area contributed by atoms with Crippen molar-refractivity contribution >= 4 is 45.1 Å². The van der Waals surface area contributed by atoms with Crippen molar-refractivity contribution in [1.29, 1.82) is 0 Å². The van der Waals surface area contributed by atoms with Crippen LogP contribution in [0, 0.1) is 0 Å². The van der Waals surface area contributed by atoms with Gasteiger partial charge in [-0.2, -0.15) is 0 Å². The third-order valence-corrected chi connectivity index (χ3v) is 8.85. The van der Waals surface area contributed by atoms with E-state index in [-0.39, 0.29) is 38.4 Å². The molecular weight excluding hydrogens is 668 g/mol. The fraction of sp³-hybridized carbons (Fsp3) is 0.619. The molecule has 0 bridgehead atoms. The zero-order valence-corrected chi connectivity index (χ0v) is 32.2. The van der Waals surface area contributed by atoms with Crippen LogP contribution in [0.15, 0.2) is 42.5 Å². The van der Waals surface area contributed by atoms with Crippen LogP contribution in [-0.2, 0) is 28.5 Å². The van der Waals surface area contributed by atoms with Crippen molar-refractivity contribution in [3.63, 3.8) is 0 Å². The van der Waals surface area contributed by atoms with Gasteiger partial charge in [0.2, 0.25) is 0 Å². The molecule has 0 fully saturated rings. The minimum Gasteiger partial charge on any atom is -0.488 e. The summed E-state index contributed by atoms with van der Waals surface area (Å²) in [6, 6.07) is 13.4. The van der Waals surface area contributed by atoms with Crippen molar-refractivity contribution in [3.8, 4) is 11.5 Å². The summed E-state index contributed by atoms with van der Waals surface area (Å²) in [6.45, 7) is 10.3. The first-order valence-electron chi connectivity index (χ1n) is 19.4. The van der Waals surface area contributed by atoms with Crippen LogP contribution in [0.3, 0.4) is 0 Å². The van der Waals surface area contributed by atoms with E-state index in [0.717, 1.165) is 47.2 Å². The SMILES string of the molecule is CCCCCCCOCC(COc1c2ccccc2c(OCC(COCCCCCCC)OC(=O)CCC)c2cc(Cl)ccc12)OC(=O)CCC. The van der Waals surface area contributed by atoms with Gasteiger partial charge in [-0.1, -0.05) is 115 Å². The van der Waals surface area contributed by atoms with E-state index in [1.165, 1.54) is 38.5 Å². The highest BCUT2D eigenvalue weighted by atomic mass is 35.5. The normalized spacial score (nSPS) is 12.6. The van der Waals surface area contributed by atoms with Crippen molar-refractivity contribution in [1.82, 2.24) is 0 Å². The second-order valence-electron chi connectivity index (χ2n) is 13.2. The Morgan fingerprint density at radius 2 is 1.00 bits per heavy atom. The molecule has 0 heterocycles. The van der Waals surface area contributed by atoms with Gasteiger partial charge in [0, 0.05) is 52.6 Å². The molecule has 9 heteroatoms. The monoisotopic (exact) mass is 728 g/mol. The minimum atomic E-state index is -0.575. The summed E-state index contributed by atoms with van der Waals surface area (Å²) in [6.07, 6.45) is 12.3. The van der Waals surface area contributed by atoms with Crippen LogP contribution in [0.2, 0.25) is 5.02 Å². The Morgan fingerprint density at radius 1 is 0.549 bits per heavy atom. The lowest BCUT2D eigenvalue weighted by atomic mass is 10.0. The molecule has 8 nitrogen and oxygen atoms in total. The first kappa shape index (κ1) is 42.3. The summed E-state index contributed by atoms with van der Waals surface area (Å²) in [5.74, 6) is 0.716. The van der Waals surface area contributed by atoms with E-state index in [9.17, 15) is 9.59 Å². The lowest BCUT2D eigenvalue weighted by Crippen LogP contribution is -2.30. The number of unbranched alkanes of at least 4 members (excludes halogenated alkanes) is 8. The maximum absolute atomic E-state index is 12.5. The highest BCUT2D eigenvalue weighted by molar-refractivity contribution is 6.31. The number of rotatable bonds is 28. The van der Waals surface area contributed by atoms with Crippen LogP contribution >= 0.6 is 11.6 Å². The Bertz CT molecular complexity index is 1440. The average Bonchev–Trinajstić information content (AvgIpc) is 3.12. The Hall–Kier alpha value is -3.07. The quantitative estimate of drug-likeness (QED) is 0.0415. The van der Waals surface area contributed by atoms with Gasteiger partial charge in [0.1, 0.15) is 24.7 Å². The van der Waals surface area contributed by atoms with Crippen molar-refractivity contribution in [2.75, 3.05) is 39.6 Å². The molecular formula is C42H61ClO8. The molecule has 284 valence electrons. The summed E-state index contributed by atoms with van der Waals surface area (Å²) < 4.78 is 36.6. The number of halogens is 1. The summed E-state index contributed by atoms with van der Waals surface area (Å²) in [7, 11) is 0. The van der Waals surface area contributed by atoms with Gasteiger partial charge in [0.05, 0.1) is 13.2 Å². The standard InChI is InChI=1S/C42H61ClO8/c1-5-9-11-13-17-25-46-28-33(50-39(44)19-7-3)30-48-41-35-21-15-16-22-36(35)42(38-27-32(43)23-24-37(38)41)49-31-34(51-40(45)20-8-4)29-47-26-18-14-12-10-6-2/h15-16,21-24,27,33-34H,5-14,17-20,25-26,28-31H2,1-4H3. The Kier molecular flexibility index (Phi) is 20.8. The van der Waals surface area contributed by atoms with Gasteiger partial charge in [0.25, 0.3) is 0 Å². The number of benzene rings is 3. The summed E-state index contributed by atoms with van der Waals surface area (Å²) in [5, 5.41) is 3.76. The Morgan fingerprint density at radius 3 is 1.47 bits per heavy atom. The largest absolute Gasteiger partial charge is 0.488 e. The predicted octanol–water partition coefficient (Wildman–Crippen LogP) is 10.8. The second kappa shape index (κ2) is 25.0. The molecule has 0 aliphatic rings. The number of hydrogen-bond acceptors (Lipinski definition) is 8. The second-order valence-corrected chi connectivity index (χ2v) is 13.7. The molecule has 0 aromatic heterocycles. The molecule has 51 heavy (non-hydrogen) atoms. The fourth-order valence-electron chi connectivity index (χ4n) is 5.91. The van der Waals surface area contributed by atoms with Gasteiger partial charge in [-0.05, 0) is 43.9 Å². The van der Waals surface area contributed by atoms with Gasteiger partial charge in [-0.25, -0.2) is 0 Å². The van der Waals surface area contributed by atoms with E-state index in [0.29, 0.717) is 55.4 Å². The van der Waals surface area contributed by atoms with Gasteiger partial charge >= 0.3 is 11.9 Å². The molecule has 3 aromatic carbocycles. The molecule has 0 spiro atoms. The summed E-state index contributed by atoms with van der Waals surface area (Å²) in [4.78, 5) is 25.1. The van der Waals surface area contributed by atoms with Crippen molar-refractivity contribution < 1.29 is 38.0 Å². The first-order valence-corrected chi connectivity index (χ1v) is 19.7. The van der Waals surface area contributed by atoms with E-state index in [1.807, 2.05) is 56.3 Å². The van der Waals surface area contributed by atoms with Crippen LogP contribution in [0.5, 0.6) is 11.5 Å². The molecule has 0 N–H and O–H groups in total. The third kappa shape index (κ3) is 15.2. The smallest absolute Gasteiger partial charge is 0.306 e. The Balaban J connectivity index is 1.83. The van der Waals surface area contributed by atoms with E-state index in [2.05, 4.69) is 13.8 Å². The molecule has 0 aliphatic carbocycles. The van der Waals surface area contributed by atoms with Crippen LogP contribution in [0.1, 0.15) is 118 Å². The number of carbonyl (C=O) groups is 2. The number of hydrogen-bond donors (Lipinski definition) is 0. The average molecular weight is 729 g/mol.